The first-order valence-corrected chi connectivity index (χ1v) is 8.43. The fourth-order valence-electron chi connectivity index (χ4n) is 3.78. The van der Waals surface area contributed by atoms with Gasteiger partial charge in [0, 0.05) is 23.0 Å². The number of ketones is 2. The van der Waals surface area contributed by atoms with Gasteiger partial charge in [-0.25, -0.2) is 0 Å². The van der Waals surface area contributed by atoms with Gasteiger partial charge in [0.25, 0.3) is 0 Å². The molecular formula is C20H24O2. The molecule has 0 radical (unpaired) electrons. The van der Waals surface area contributed by atoms with E-state index in [4.69, 9.17) is 0 Å². The Morgan fingerprint density at radius 2 is 1.68 bits per heavy atom. The molecule has 1 aromatic rings. The molecule has 0 bridgehead atoms. The number of rotatable bonds is 4. The van der Waals surface area contributed by atoms with E-state index in [1.807, 2.05) is 18.2 Å². The molecule has 0 heterocycles. The van der Waals surface area contributed by atoms with E-state index in [1.54, 1.807) is 6.07 Å². The van der Waals surface area contributed by atoms with Crippen molar-refractivity contribution in [3.05, 3.63) is 47.0 Å². The maximum Gasteiger partial charge on any atom is 0.167 e. The first-order valence-electron chi connectivity index (χ1n) is 8.43. The van der Waals surface area contributed by atoms with Crippen LogP contribution in [-0.2, 0) is 0 Å². The van der Waals surface area contributed by atoms with E-state index in [0.717, 1.165) is 25.2 Å². The molecule has 0 N–H and O–H groups in total. The average Bonchev–Trinajstić information content (AvgIpc) is 2.52. The van der Waals surface area contributed by atoms with Crippen LogP contribution in [0, 0.1) is 17.8 Å². The van der Waals surface area contributed by atoms with Gasteiger partial charge in [0.2, 0.25) is 0 Å². The number of benzene rings is 1. The van der Waals surface area contributed by atoms with Crippen LogP contribution < -0.4 is 0 Å². The fourth-order valence-corrected chi connectivity index (χ4v) is 3.78. The summed E-state index contributed by atoms with van der Waals surface area (Å²) in [6, 6.07) is 7.31. The van der Waals surface area contributed by atoms with Crippen molar-refractivity contribution in [1.29, 1.82) is 0 Å². The largest absolute Gasteiger partial charge is 0.294 e. The Bertz CT molecular complexity index is 624. The zero-order chi connectivity index (χ0) is 15.7. The maximum absolute atomic E-state index is 12.7. The lowest BCUT2D eigenvalue weighted by molar-refractivity contribution is 0.0724. The molecule has 0 saturated carbocycles. The number of carbonyl (C=O) groups is 2. The molecule has 3 rings (SSSR count). The second-order valence-electron chi connectivity index (χ2n) is 7.08. The maximum atomic E-state index is 12.7. The molecule has 0 fully saturated rings. The number of allylic oxidation sites excluding steroid dienone is 2. The summed E-state index contributed by atoms with van der Waals surface area (Å²) in [7, 11) is 0. The van der Waals surface area contributed by atoms with Crippen LogP contribution >= 0.6 is 0 Å². The van der Waals surface area contributed by atoms with Gasteiger partial charge >= 0.3 is 0 Å². The number of fused-ring (bicyclic) bond motifs is 2. The summed E-state index contributed by atoms with van der Waals surface area (Å²) in [5, 5.41) is 0. The number of Topliss-reactive ketones (excluding diaryl/α,β-unsaturated/α-hetero) is 2. The van der Waals surface area contributed by atoms with E-state index >= 15 is 0 Å². The highest BCUT2D eigenvalue weighted by Gasteiger charge is 2.42. The van der Waals surface area contributed by atoms with E-state index in [9.17, 15) is 9.59 Å². The molecule has 0 saturated heterocycles. The SMILES string of the molecule is CC(C)CCCC1=CCC2C(=O)c3ccccc3C(=O)C2C1. The van der Waals surface area contributed by atoms with Crippen molar-refractivity contribution in [2.75, 3.05) is 0 Å². The molecule has 2 aliphatic rings. The Balaban J connectivity index is 1.77. The normalized spacial score (nSPS) is 24.0. The Morgan fingerprint density at radius 3 is 2.32 bits per heavy atom. The number of carbonyl (C=O) groups excluding carboxylic acids is 2. The minimum Gasteiger partial charge on any atom is -0.294 e. The average molecular weight is 296 g/mol. The van der Waals surface area contributed by atoms with Gasteiger partial charge in [0.1, 0.15) is 0 Å². The summed E-state index contributed by atoms with van der Waals surface area (Å²) in [4.78, 5) is 25.4. The first-order chi connectivity index (χ1) is 10.6. The molecule has 2 heteroatoms. The number of hydrogen-bond acceptors (Lipinski definition) is 2. The summed E-state index contributed by atoms with van der Waals surface area (Å²) in [5.41, 5.74) is 2.64. The van der Waals surface area contributed by atoms with Crippen LogP contribution in [0.3, 0.4) is 0 Å². The second kappa shape index (κ2) is 6.20. The van der Waals surface area contributed by atoms with Gasteiger partial charge in [-0.15, -0.1) is 0 Å². The van der Waals surface area contributed by atoms with Crippen molar-refractivity contribution in [2.24, 2.45) is 17.8 Å². The first kappa shape index (κ1) is 15.2. The quantitative estimate of drug-likeness (QED) is 0.745. The van der Waals surface area contributed by atoms with Crippen molar-refractivity contribution < 1.29 is 9.59 Å². The summed E-state index contributed by atoms with van der Waals surface area (Å²) in [6.07, 6.45) is 7.22. The molecule has 116 valence electrons. The van der Waals surface area contributed by atoms with Gasteiger partial charge in [0.05, 0.1) is 0 Å². The Hall–Kier alpha value is -1.70. The molecule has 2 unspecified atom stereocenters. The fraction of sp³-hybridized carbons (Fsp3) is 0.500. The molecule has 1 aromatic carbocycles. The van der Waals surface area contributed by atoms with Gasteiger partial charge in [-0.1, -0.05) is 56.2 Å². The van der Waals surface area contributed by atoms with Crippen molar-refractivity contribution in [1.82, 2.24) is 0 Å². The number of hydrogen-bond donors (Lipinski definition) is 0. The summed E-state index contributed by atoms with van der Waals surface area (Å²) < 4.78 is 0. The highest BCUT2D eigenvalue weighted by Crippen LogP contribution is 2.40. The van der Waals surface area contributed by atoms with Gasteiger partial charge < -0.3 is 0 Å². The van der Waals surface area contributed by atoms with E-state index in [0.29, 0.717) is 11.1 Å². The molecule has 0 amide bonds. The Labute approximate surface area is 132 Å². The highest BCUT2D eigenvalue weighted by molar-refractivity contribution is 6.16. The molecule has 0 aromatic heterocycles. The topological polar surface area (TPSA) is 34.1 Å². The van der Waals surface area contributed by atoms with Crippen LogP contribution in [0.1, 0.15) is 66.7 Å². The lowest BCUT2D eigenvalue weighted by Gasteiger charge is -2.34. The molecule has 0 spiro atoms. The van der Waals surface area contributed by atoms with Crippen LogP contribution in [0.4, 0.5) is 0 Å². The molecule has 0 aliphatic heterocycles. The van der Waals surface area contributed by atoms with Gasteiger partial charge in [-0.05, 0) is 31.6 Å². The monoisotopic (exact) mass is 296 g/mol. The summed E-state index contributed by atoms with van der Waals surface area (Å²) in [5.74, 6) is 0.812. The van der Waals surface area contributed by atoms with E-state index < -0.39 is 0 Å². The predicted molar refractivity (Wildman–Crippen MR) is 88.1 cm³/mol. The third-order valence-electron chi connectivity index (χ3n) is 5.04. The highest BCUT2D eigenvalue weighted by atomic mass is 16.1. The van der Waals surface area contributed by atoms with Crippen molar-refractivity contribution in [2.45, 2.75) is 46.0 Å². The Morgan fingerprint density at radius 1 is 1.05 bits per heavy atom. The van der Waals surface area contributed by atoms with Crippen LogP contribution in [0.5, 0.6) is 0 Å². The molecular weight excluding hydrogens is 272 g/mol. The lowest BCUT2D eigenvalue weighted by Crippen LogP contribution is -2.38. The standard InChI is InChI=1S/C20H24O2/c1-13(2)6-5-7-14-10-11-17-18(12-14)20(22)16-9-4-3-8-15(16)19(17)21/h3-4,8-10,13,17-18H,5-7,11-12H2,1-2H3. The minimum atomic E-state index is -0.128. The van der Waals surface area contributed by atoms with Crippen molar-refractivity contribution in [3.8, 4) is 0 Å². The van der Waals surface area contributed by atoms with E-state index in [2.05, 4.69) is 19.9 Å². The smallest absolute Gasteiger partial charge is 0.167 e. The molecule has 22 heavy (non-hydrogen) atoms. The van der Waals surface area contributed by atoms with E-state index in [-0.39, 0.29) is 23.4 Å². The minimum absolute atomic E-state index is 0.124. The second-order valence-corrected chi connectivity index (χ2v) is 7.08. The third-order valence-corrected chi connectivity index (χ3v) is 5.04. The van der Waals surface area contributed by atoms with Crippen molar-refractivity contribution in [3.63, 3.8) is 0 Å². The van der Waals surface area contributed by atoms with Crippen LogP contribution in [0.15, 0.2) is 35.9 Å². The summed E-state index contributed by atoms with van der Waals surface area (Å²) in [6.45, 7) is 4.48. The molecule has 2 aliphatic carbocycles. The molecule has 2 nitrogen and oxygen atoms in total. The zero-order valence-electron chi connectivity index (χ0n) is 13.5. The third kappa shape index (κ3) is 2.79. The van der Waals surface area contributed by atoms with Gasteiger partial charge in [-0.3, -0.25) is 9.59 Å². The van der Waals surface area contributed by atoms with Gasteiger partial charge in [-0.2, -0.15) is 0 Å². The van der Waals surface area contributed by atoms with Crippen molar-refractivity contribution >= 4 is 11.6 Å². The van der Waals surface area contributed by atoms with Crippen LogP contribution in [0.25, 0.3) is 0 Å². The summed E-state index contributed by atoms with van der Waals surface area (Å²) >= 11 is 0. The molecule has 2 atom stereocenters. The van der Waals surface area contributed by atoms with E-state index in [1.165, 1.54) is 18.4 Å². The Kier molecular flexibility index (Phi) is 4.28. The van der Waals surface area contributed by atoms with Gasteiger partial charge in [0.15, 0.2) is 11.6 Å². The zero-order valence-corrected chi connectivity index (χ0v) is 13.5. The predicted octanol–water partition coefficient (Wildman–Crippen LogP) is 4.84. The van der Waals surface area contributed by atoms with Crippen LogP contribution in [-0.4, -0.2) is 11.6 Å². The lowest BCUT2D eigenvalue weighted by atomic mass is 9.67. The van der Waals surface area contributed by atoms with Crippen LogP contribution in [0.2, 0.25) is 0 Å².